The van der Waals surface area contributed by atoms with E-state index in [1.807, 2.05) is 94.0 Å². The van der Waals surface area contributed by atoms with E-state index in [1.54, 1.807) is 35.8 Å². The molecule has 0 saturated carbocycles. The van der Waals surface area contributed by atoms with Crippen LogP contribution in [0.2, 0.25) is 0 Å². The summed E-state index contributed by atoms with van der Waals surface area (Å²) in [6.07, 6.45) is 2.27. The average molecular weight is 817 g/mol. The number of aromatic amines is 1. The first kappa shape index (κ1) is 40.6. The van der Waals surface area contributed by atoms with Gasteiger partial charge in [0.2, 0.25) is 20.1 Å². The average Bonchev–Trinajstić information content (AvgIpc) is 4.02. The predicted octanol–water partition coefficient (Wildman–Crippen LogP) is 8.00. The van der Waals surface area contributed by atoms with Crippen LogP contribution in [-0.4, -0.2) is 87.5 Å². The molecule has 296 valence electrons. The topological polar surface area (TPSA) is 157 Å². The number of benzene rings is 2. The summed E-state index contributed by atoms with van der Waals surface area (Å²) in [6.45, 7) is 12.6. The van der Waals surface area contributed by atoms with Crippen LogP contribution in [0.1, 0.15) is 57.5 Å². The SMILES string of the molecule is CCC(C)N(C(=O)CS(=O)(=O)c1nc(-c2cccc(-c3nc(-n4c(C)cc(-c5csc(NCCc6ccc(OC)c(OC)c6)n5)c4C)n[nH]3)c2)cs1)C(C)CC. The number of hydrogen-bond donors (Lipinski definition) is 2. The highest BCUT2D eigenvalue weighted by Crippen LogP contribution is 2.33. The van der Waals surface area contributed by atoms with Crippen molar-refractivity contribution in [3.8, 4) is 51.3 Å². The van der Waals surface area contributed by atoms with E-state index in [2.05, 4.69) is 26.6 Å². The molecule has 2 N–H and O–H groups in total. The molecule has 13 nitrogen and oxygen atoms in total. The predicted molar refractivity (Wildman–Crippen MR) is 223 cm³/mol. The number of ether oxygens (including phenoxy) is 2. The van der Waals surface area contributed by atoms with E-state index < -0.39 is 21.5 Å². The van der Waals surface area contributed by atoms with Crippen molar-refractivity contribution in [1.82, 2.24) is 34.6 Å². The number of amides is 1. The number of aryl methyl sites for hydroxylation is 1. The fourth-order valence-electron chi connectivity index (χ4n) is 6.62. The second kappa shape index (κ2) is 17.4. The van der Waals surface area contributed by atoms with Crippen molar-refractivity contribution < 1.29 is 22.7 Å². The number of aromatic nitrogens is 6. The van der Waals surface area contributed by atoms with Gasteiger partial charge in [0.25, 0.3) is 5.95 Å². The van der Waals surface area contributed by atoms with Gasteiger partial charge in [0.1, 0.15) is 5.75 Å². The first-order chi connectivity index (χ1) is 26.9. The zero-order valence-corrected chi connectivity index (χ0v) is 35.4. The van der Waals surface area contributed by atoms with Gasteiger partial charge >= 0.3 is 0 Å². The van der Waals surface area contributed by atoms with E-state index in [4.69, 9.17) is 19.4 Å². The van der Waals surface area contributed by atoms with Crippen molar-refractivity contribution in [3.63, 3.8) is 0 Å². The number of carbonyl (C=O) groups is 1. The van der Waals surface area contributed by atoms with E-state index in [1.165, 1.54) is 0 Å². The lowest BCUT2D eigenvalue weighted by atomic mass is 10.1. The lowest BCUT2D eigenvalue weighted by Crippen LogP contribution is -2.46. The van der Waals surface area contributed by atoms with Gasteiger partial charge in [0.15, 0.2) is 22.5 Å². The lowest BCUT2D eigenvalue weighted by Gasteiger charge is -2.33. The number of hydrogen-bond acceptors (Lipinski definition) is 12. The number of sulfone groups is 1. The summed E-state index contributed by atoms with van der Waals surface area (Å²) in [5.41, 5.74) is 6.88. The molecular formula is C40H48N8O5S3. The van der Waals surface area contributed by atoms with E-state index in [0.717, 1.165) is 75.1 Å². The van der Waals surface area contributed by atoms with E-state index >= 15 is 0 Å². The van der Waals surface area contributed by atoms with Gasteiger partial charge in [-0.1, -0.05) is 38.1 Å². The molecule has 2 atom stereocenters. The molecule has 0 fully saturated rings. The highest BCUT2D eigenvalue weighted by Gasteiger charge is 2.30. The normalized spacial score (nSPS) is 12.7. The maximum absolute atomic E-state index is 13.4. The molecule has 2 aromatic carbocycles. The molecule has 4 aromatic heterocycles. The second-order valence-corrected chi connectivity index (χ2v) is 17.5. The Labute approximate surface area is 336 Å². The van der Waals surface area contributed by atoms with Gasteiger partial charge in [-0.05, 0) is 76.8 Å². The molecular weight excluding hydrogens is 769 g/mol. The van der Waals surface area contributed by atoms with Crippen LogP contribution in [0.5, 0.6) is 11.5 Å². The van der Waals surface area contributed by atoms with E-state index in [-0.39, 0.29) is 16.4 Å². The Kier molecular flexibility index (Phi) is 12.6. The molecule has 0 bridgehead atoms. The largest absolute Gasteiger partial charge is 0.493 e. The molecule has 4 heterocycles. The third kappa shape index (κ3) is 8.66. The fourth-order valence-corrected chi connectivity index (χ4v) is 9.65. The number of carbonyl (C=O) groups excluding carboxylic acids is 1. The van der Waals surface area contributed by atoms with Gasteiger partial charge in [0.05, 0.1) is 25.6 Å². The molecule has 56 heavy (non-hydrogen) atoms. The Morgan fingerprint density at radius 2 is 1.62 bits per heavy atom. The molecule has 0 aliphatic rings. The molecule has 6 rings (SSSR count). The summed E-state index contributed by atoms with van der Waals surface area (Å²) < 4.78 is 39.5. The number of anilines is 1. The minimum absolute atomic E-state index is 0.0615. The Hall–Kier alpha value is -5.06. The van der Waals surface area contributed by atoms with Crippen LogP contribution in [0, 0.1) is 13.8 Å². The summed E-state index contributed by atoms with van der Waals surface area (Å²) >= 11 is 2.58. The monoisotopic (exact) mass is 816 g/mol. The van der Waals surface area contributed by atoms with Crippen LogP contribution in [0.15, 0.2) is 63.6 Å². The zero-order chi connectivity index (χ0) is 40.1. The minimum Gasteiger partial charge on any atom is -0.493 e. The number of rotatable bonds is 17. The summed E-state index contributed by atoms with van der Waals surface area (Å²) in [5.74, 6) is 1.44. The molecule has 0 aliphatic heterocycles. The van der Waals surface area contributed by atoms with Crippen LogP contribution >= 0.6 is 22.7 Å². The van der Waals surface area contributed by atoms with Gasteiger partial charge in [-0.2, -0.15) is 4.98 Å². The van der Waals surface area contributed by atoms with E-state index in [9.17, 15) is 13.2 Å². The van der Waals surface area contributed by atoms with Crippen LogP contribution in [-0.2, 0) is 21.1 Å². The summed E-state index contributed by atoms with van der Waals surface area (Å²) in [5, 5.41) is 15.6. The first-order valence-electron chi connectivity index (χ1n) is 18.5. The van der Waals surface area contributed by atoms with Gasteiger partial charge in [-0.3, -0.25) is 14.5 Å². The molecule has 16 heteroatoms. The van der Waals surface area contributed by atoms with Gasteiger partial charge in [-0.25, -0.2) is 18.4 Å². The number of H-pyrrole nitrogens is 1. The van der Waals surface area contributed by atoms with Crippen LogP contribution in [0.25, 0.3) is 39.9 Å². The van der Waals surface area contributed by atoms with E-state index in [0.29, 0.717) is 35.5 Å². The second-order valence-electron chi connectivity index (χ2n) is 13.7. The Balaban J connectivity index is 1.14. The standard InChI is InChI=1S/C40H48N8O5S3/c1-9-24(3)47(25(4)10-2)36(49)23-56(50,51)40-43-32(21-55-40)29-12-11-13-30(20-29)37-44-38(46-45-37)48-26(5)18-31(27(48)6)33-22-54-39(42-33)41-17-16-28-14-15-34(52-7)35(19-28)53-8/h11-15,18-22,24-25H,9-10,16-17,23H2,1-8H3,(H,41,42)(H,44,45,46). The molecule has 0 radical (unpaired) electrons. The highest BCUT2D eigenvalue weighted by molar-refractivity contribution is 7.94. The highest BCUT2D eigenvalue weighted by atomic mass is 32.2. The third-order valence-electron chi connectivity index (χ3n) is 9.94. The Morgan fingerprint density at radius 3 is 2.34 bits per heavy atom. The van der Waals surface area contributed by atoms with Gasteiger partial charge < -0.3 is 19.7 Å². The van der Waals surface area contributed by atoms with Crippen LogP contribution in [0.3, 0.4) is 0 Å². The van der Waals surface area contributed by atoms with Crippen molar-refractivity contribution in [2.24, 2.45) is 0 Å². The van der Waals surface area contributed by atoms with Gasteiger partial charge in [-0.15, -0.1) is 27.8 Å². The molecule has 0 spiro atoms. The maximum atomic E-state index is 13.4. The number of nitrogens with one attached hydrogen (secondary N) is 2. The van der Waals surface area contributed by atoms with Crippen molar-refractivity contribution in [1.29, 1.82) is 0 Å². The number of thiazole rings is 2. The van der Waals surface area contributed by atoms with Crippen LogP contribution < -0.4 is 14.8 Å². The van der Waals surface area contributed by atoms with Crippen molar-refractivity contribution in [2.45, 2.75) is 77.2 Å². The fraction of sp³-hybridized carbons (Fsp3) is 0.375. The number of methoxy groups -OCH3 is 2. The number of nitrogens with zero attached hydrogens (tertiary/aromatic N) is 6. The lowest BCUT2D eigenvalue weighted by molar-refractivity contribution is -0.132. The minimum atomic E-state index is -3.94. The molecule has 2 unspecified atom stereocenters. The van der Waals surface area contributed by atoms with Crippen molar-refractivity contribution in [2.75, 3.05) is 31.8 Å². The summed E-state index contributed by atoms with van der Waals surface area (Å²) in [4.78, 5) is 29.1. The van der Waals surface area contributed by atoms with Crippen molar-refractivity contribution >= 4 is 43.5 Å². The zero-order valence-electron chi connectivity index (χ0n) is 32.9. The van der Waals surface area contributed by atoms with Gasteiger partial charge in [0, 0.05) is 57.5 Å². The quantitative estimate of drug-likeness (QED) is 0.0925. The smallest absolute Gasteiger partial charge is 0.253 e. The third-order valence-corrected chi connectivity index (χ3v) is 13.7. The molecule has 0 saturated heterocycles. The van der Waals surface area contributed by atoms with Crippen LogP contribution in [0.4, 0.5) is 5.13 Å². The molecule has 6 aromatic rings. The molecule has 1 amide bonds. The Bertz CT molecular complexity index is 2400. The first-order valence-corrected chi connectivity index (χ1v) is 21.9. The molecule has 0 aliphatic carbocycles. The Morgan fingerprint density at radius 1 is 0.911 bits per heavy atom. The van der Waals surface area contributed by atoms with Crippen molar-refractivity contribution in [3.05, 3.63) is 76.2 Å². The maximum Gasteiger partial charge on any atom is 0.253 e. The summed E-state index contributed by atoms with van der Waals surface area (Å²) in [7, 11) is -0.676. The summed E-state index contributed by atoms with van der Waals surface area (Å²) in [6, 6.07) is 15.4.